The van der Waals surface area contributed by atoms with Gasteiger partial charge < -0.3 is 14.5 Å². The normalized spacial score (nSPS) is 16.2. The molecule has 2 heterocycles. The van der Waals surface area contributed by atoms with Crippen LogP contribution in [-0.4, -0.2) is 28.0 Å². The molecule has 0 bridgehead atoms. The highest BCUT2D eigenvalue weighted by Crippen LogP contribution is 2.19. The molecule has 0 spiro atoms. The second-order valence-corrected chi connectivity index (χ2v) is 5.58. The van der Waals surface area contributed by atoms with E-state index in [1.807, 2.05) is 28.9 Å². The van der Waals surface area contributed by atoms with Crippen LogP contribution in [0.4, 0.5) is 0 Å². The summed E-state index contributed by atoms with van der Waals surface area (Å²) >= 11 is 0. The molecule has 1 aliphatic carbocycles. The van der Waals surface area contributed by atoms with Gasteiger partial charge >= 0.3 is 0 Å². The molecule has 1 aliphatic rings. The number of pyridine rings is 1. The van der Waals surface area contributed by atoms with E-state index in [0.29, 0.717) is 6.54 Å². The molecule has 21 heavy (non-hydrogen) atoms. The molecule has 0 atom stereocenters. The maximum absolute atomic E-state index is 11.8. The van der Waals surface area contributed by atoms with E-state index in [-0.39, 0.29) is 18.6 Å². The molecule has 0 saturated heterocycles. The molecule has 2 aromatic rings. The summed E-state index contributed by atoms with van der Waals surface area (Å²) in [5.74, 6) is -0.0520. The van der Waals surface area contributed by atoms with Gasteiger partial charge in [0.05, 0.1) is 6.10 Å². The van der Waals surface area contributed by atoms with Crippen molar-refractivity contribution in [1.29, 1.82) is 0 Å². The van der Waals surface area contributed by atoms with Crippen LogP contribution < -0.4 is 5.32 Å². The Morgan fingerprint density at radius 2 is 2.19 bits per heavy atom. The number of rotatable bonds is 5. The molecule has 1 fully saturated rings. The van der Waals surface area contributed by atoms with Gasteiger partial charge in [0.2, 0.25) is 5.91 Å². The summed E-state index contributed by atoms with van der Waals surface area (Å²) in [5.41, 5.74) is 1.93. The minimum absolute atomic E-state index is 0.0520. The minimum Gasteiger partial charge on any atom is -0.368 e. The standard InChI is InChI=1S/C16H21N3O2/c20-16(12-21-14-4-2-1-3-5-14)18-11-13-6-8-19-9-7-17-15(19)10-13/h6-10,14H,1-5,11-12H2,(H,18,20). The first-order chi connectivity index (χ1) is 10.3. The Bertz CT molecular complexity index is 602. The molecule has 0 unspecified atom stereocenters. The van der Waals surface area contributed by atoms with E-state index in [2.05, 4.69) is 10.3 Å². The van der Waals surface area contributed by atoms with Gasteiger partial charge in [0.25, 0.3) is 0 Å². The van der Waals surface area contributed by atoms with Gasteiger partial charge in [-0.15, -0.1) is 0 Å². The number of aromatic nitrogens is 2. The Kier molecular flexibility index (Phi) is 4.50. The van der Waals surface area contributed by atoms with Crippen LogP contribution in [0.1, 0.15) is 37.7 Å². The number of ether oxygens (including phenoxy) is 1. The Labute approximate surface area is 124 Å². The largest absolute Gasteiger partial charge is 0.368 e. The number of carbonyl (C=O) groups excluding carboxylic acids is 1. The van der Waals surface area contributed by atoms with Crippen molar-refractivity contribution in [1.82, 2.24) is 14.7 Å². The van der Waals surface area contributed by atoms with Crippen molar-refractivity contribution in [2.75, 3.05) is 6.61 Å². The summed E-state index contributed by atoms with van der Waals surface area (Å²) in [5, 5.41) is 2.89. The van der Waals surface area contributed by atoms with Crippen molar-refractivity contribution in [3.63, 3.8) is 0 Å². The molecule has 5 nitrogen and oxygen atoms in total. The van der Waals surface area contributed by atoms with Crippen LogP contribution in [0.2, 0.25) is 0 Å². The fraction of sp³-hybridized carbons (Fsp3) is 0.500. The summed E-state index contributed by atoms with van der Waals surface area (Å²) in [6.07, 6.45) is 11.8. The van der Waals surface area contributed by atoms with E-state index in [1.165, 1.54) is 19.3 Å². The molecule has 0 radical (unpaired) electrons. The first kappa shape index (κ1) is 14.1. The first-order valence-electron chi connectivity index (χ1n) is 7.61. The molecular formula is C16H21N3O2. The first-order valence-corrected chi connectivity index (χ1v) is 7.61. The highest BCUT2D eigenvalue weighted by molar-refractivity contribution is 5.77. The number of hydrogen-bond acceptors (Lipinski definition) is 3. The van der Waals surface area contributed by atoms with Crippen LogP contribution in [0, 0.1) is 0 Å². The lowest BCUT2D eigenvalue weighted by Crippen LogP contribution is -2.30. The van der Waals surface area contributed by atoms with Gasteiger partial charge in [-0.3, -0.25) is 4.79 Å². The van der Waals surface area contributed by atoms with E-state index < -0.39 is 0 Å². The lowest BCUT2D eigenvalue weighted by Gasteiger charge is -2.21. The average Bonchev–Trinajstić information content (AvgIpc) is 2.99. The molecule has 112 valence electrons. The van der Waals surface area contributed by atoms with E-state index in [9.17, 15) is 4.79 Å². The summed E-state index contributed by atoms with van der Waals surface area (Å²) in [7, 11) is 0. The monoisotopic (exact) mass is 287 g/mol. The third-order valence-corrected chi connectivity index (χ3v) is 3.95. The predicted molar refractivity (Wildman–Crippen MR) is 79.9 cm³/mol. The van der Waals surface area contributed by atoms with Crippen LogP contribution in [0.3, 0.4) is 0 Å². The molecule has 1 saturated carbocycles. The van der Waals surface area contributed by atoms with Crippen LogP contribution >= 0.6 is 0 Å². The number of nitrogens with one attached hydrogen (secondary N) is 1. The third-order valence-electron chi connectivity index (χ3n) is 3.95. The van der Waals surface area contributed by atoms with Gasteiger partial charge in [0.15, 0.2) is 0 Å². The van der Waals surface area contributed by atoms with Gasteiger partial charge in [-0.2, -0.15) is 0 Å². The second kappa shape index (κ2) is 6.72. The lowest BCUT2D eigenvalue weighted by atomic mass is 9.98. The molecular weight excluding hydrogens is 266 g/mol. The van der Waals surface area contributed by atoms with Crippen molar-refractivity contribution in [3.8, 4) is 0 Å². The zero-order chi connectivity index (χ0) is 14.5. The predicted octanol–water partition coefficient (Wildman–Crippen LogP) is 2.30. The summed E-state index contributed by atoms with van der Waals surface area (Å²) in [4.78, 5) is 16.0. The van der Waals surface area contributed by atoms with Crippen molar-refractivity contribution < 1.29 is 9.53 Å². The van der Waals surface area contributed by atoms with Crippen LogP contribution in [-0.2, 0) is 16.1 Å². The highest BCUT2D eigenvalue weighted by Gasteiger charge is 2.15. The van der Waals surface area contributed by atoms with Crippen molar-refractivity contribution in [2.24, 2.45) is 0 Å². The number of nitrogens with zero attached hydrogens (tertiary/aromatic N) is 2. The molecule has 1 N–H and O–H groups in total. The van der Waals surface area contributed by atoms with E-state index >= 15 is 0 Å². The van der Waals surface area contributed by atoms with Gasteiger partial charge in [-0.05, 0) is 30.5 Å². The molecule has 0 aliphatic heterocycles. The quantitative estimate of drug-likeness (QED) is 0.918. The van der Waals surface area contributed by atoms with Crippen LogP contribution in [0.25, 0.3) is 5.65 Å². The topological polar surface area (TPSA) is 55.6 Å². The number of amides is 1. The Hall–Kier alpha value is -1.88. The average molecular weight is 287 g/mol. The summed E-state index contributed by atoms with van der Waals surface area (Å²) < 4.78 is 7.60. The van der Waals surface area contributed by atoms with Crippen molar-refractivity contribution in [2.45, 2.75) is 44.8 Å². The lowest BCUT2D eigenvalue weighted by molar-refractivity contribution is -0.128. The van der Waals surface area contributed by atoms with Crippen LogP contribution in [0.5, 0.6) is 0 Å². The zero-order valence-corrected chi connectivity index (χ0v) is 12.1. The summed E-state index contributed by atoms with van der Waals surface area (Å²) in [6.45, 7) is 0.673. The van der Waals surface area contributed by atoms with E-state index in [1.54, 1.807) is 6.20 Å². The number of carbonyl (C=O) groups is 1. The molecule has 1 amide bonds. The van der Waals surface area contributed by atoms with Crippen LogP contribution in [0.15, 0.2) is 30.7 Å². The van der Waals surface area contributed by atoms with Crippen molar-refractivity contribution in [3.05, 3.63) is 36.3 Å². The minimum atomic E-state index is -0.0520. The molecule has 5 heteroatoms. The van der Waals surface area contributed by atoms with Gasteiger partial charge in [-0.25, -0.2) is 4.98 Å². The molecule has 2 aromatic heterocycles. The van der Waals surface area contributed by atoms with E-state index in [4.69, 9.17) is 4.74 Å². The number of hydrogen-bond donors (Lipinski definition) is 1. The third kappa shape index (κ3) is 3.82. The number of imidazole rings is 1. The highest BCUT2D eigenvalue weighted by atomic mass is 16.5. The van der Waals surface area contributed by atoms with Crippen molar-refractivity contribution >= 4 is 11.6 Å². The Balaban J connectivity index is 1.44. The summed E-state index contributed by atoms with van der Waals surface area (Å²) in [6, 6.07) is 3.96. The maximum atomic E-state index is 11.8. The fourth-order valence-corrected chi connectivity index (χ4v) is 2.74. The molecule has 0 aromatic carbocycles. The smallest absolute Gasteiger partial charge is 0.246 e. The Morgan fingerprint density at radius 1 is 1.33 bits per heavy atom. The van der Waals surface area contributed by atoms with Gasteiger partial charge in [0, 0.05) is 25.1 Å². The fourth-order valence-electron chi connectivity index (χ4n) is 2.74. The maximum Gasteiger partial charge on any atom is 0.246 e. The second-order valence-electron chi connectivity index (χ2n) is 5.58. The molecule has 3 rings (SSSR count). The van der Waals surface area contributed by atoms with Gasteiger partial charge in [0.1, 0.15) is 12.3 Å². The number of fused-ring (bicyclic) bond motifs is 1. The van der Waals surface area contributed by atoms with E-state index in [0.717, 1.165) is 24.1 Å². The SMILES string of the molecule is O=C(COC1CCCCC1)NCc1ccn2ccnc2c1. The Morgan fingerprint density at radius 3 is 3.05 bits per heavy atom. The van der Waals surface area contributed by atoms with Gasteiger partial charge in [-0.1, -0.05) is 19.3 Å². The zero-order valence-electron chi connectivity index (χ0n) is 12.1.